The summed E-state index contributed by atoms with van der Waals surface area (Å²) in [5, 5.41) is 3.87. The normalized spacial score (nSPS) is 10.8. The Hall–Kier alpha value is -2.32. The number of halogens is 2. The van der Waals surface area contributed by atoms with Gasteiger partial charge in [-0.15, -0.1) is 0 Å². The molecule has 2 rings (SSSR count). The van der Waals surface area contributed by atoms with Crippen LogP contribution in [0.2, 0.25) is 0 Å². The Balaban J connectivity index is 2.24. The summed E-state index contributed by atoms with van der Waals surface area (Å²) in [6.45, 7) is -0.804. The van der Waals surface area contributed by atoms with Crippen LogP contribution >= 0.6 is 0 Å². The van der Waals surface area contributed by atoms with Gasteiger partial charge in [-0.05, 0) is 6.07 Å². The van der Waals surface area contributed by atoms with Crippen LogP contribution in [0.15, 0.2) is 18.5 Å². The smallest absolute Gasteiger partial charge is 0.323 e. The second kappa shape index (κ2) is 4.68. The molecule has 0 amide bonds. The van der Waals surface area contributed by atoms with Gasteiger partial charge in [-0.1, -0.05) is 0 Å². The fraction of sp³-hybridized carbons (Fsp3) is 0.250. The number of anilines is 1. The van der Waals surface area contributed by atoms with E-state index in [4.69, 9.17) is 5.73 Å². The first-order valence-corrected chi connectivity index (χ1v) is 4.57. The van der Waals surface area contributed by atoms with Crippen molar-refractivity contribution in [2.45, 2.75) is 6.43 Å². The van der Waals surface area contributed by atoms with Crippen molar-refractivity contribution in [2.24, 2.45) is 0 Å². The summed E-state index contributed by atoms with van der Waals surface area (Å²) >= 11 is 0. The van der Waals surface area contributed by atoms with Crippen molar-refractivity contribution in [1.29, 1.82) is 0 Å². The third-order valence-electron chi connectivity index (χ3n) is 1.67. The van der Waals surface area contributed by atoms with Gasteiger partial charge in [-0.2, -0.15) is 20.1 Å². The van der Waals surface area contributed by atoms with Crippen LogP contribution in [-0.2, 0) is 0 Å². The lowest BCUT2D eigenvalue weighted by Crippen LogP contribution is -2.13. The number of nitrogens with zero attached hydrogens (tertiary/aromatic N) is 5. The van der Waals surface area contributed by atoms with Gasteiger partial charge in [-0.25, -0.2) is 13.5 Å². The van der Waals surface area contributed by atoms with Crippen LogP contribution in [0.4, 0.5) is 14.7 Å². The highest BCUT2D eigenvalue weighted by Gasteiger charge is 2.10. The lowest BCUT2D eigenvalue weighted by Gasteiger charge is -2.05. The minimum absolute atomic E-state index is 0.103. The summed E-state index contributed by atoms with van der Waals surface area (Å²) in [7, 11) is 0. The van der Waals surface area contributed by atoms with Gasteiger partial charge in [0.2, 0.25) is 5.95 Å². The van der Waals surface area contributed by atoms with E-state index in [-0.39, 0.29) is 17.9 Å². The highest BCUT2D eigenvalue weighted by atomic mass is 19.3. The Morgan fingerprint density at radius 3 is 2.82 bits per heavy atom. The van der Waals surface area contributed by atoms with E-state index in [1.54, 1.807) is 12.3 Å². The predicted octanol–water partition coefficient (Wildman–Crippen LogP) is 0.283. The van der Waals surface area contributed by atoms with Gasteiger partial charge in [0.1, 0.15) is 0 Å². The Morgan fingerprint density at radius 2 is 2.18 bits per heavy atom. The quantitative estimate of drug-likeness (QED) is 0.828. The Kier molecular flexibility index (Phi) is 3.08. The monoisotopic (exact) mass is 242 g/mol. The van der Waals surface area contributed by atoms with Gasteiger partial charge >= 0.3 is 6.01 Å². The van der Waals surface area contributed by atoms with E-state index in [1.165, 1.54) is 10.9 Å². The number of alkyl halides is 2. The standard InChI is InChI=1S/C8H8F2N6O/c9-5(10)4-17-8-14-6(11)13-7(15-8)16-3-1-2-12-16/h1-3,5H,4H2,(H2,11,13,14,15). The second-order valence-electron chi connectivity index (χ2n) is 2.93. The highest BCUT2D eigenvalue weighted by Crippen LogP contribution is 2.09. The average molecular weight is 242 g/mol. The molecule has 0 spiro atoms. The van der Waals surface area contributed by atoms with Crippen molar-refractivity contribution in [3.05, 3.63) is 18.5 Å². The zero-order chi connectivity index (χ0) is 12.3. The third-order valence-corrected chi connectivity index (χ3v) is 1.67. The van der Waals surface area contributed by atoms with Crippen LogP contribution in [0.1, 0.15) is 0 Å². The molecule has 0 unspecified atom stereocenters. The number of aromatic nitrogens is 5. The first-order valence-electron chi connectivity index (χ1n) is 4.57. The first kappa shape index (κ1) is 11.2. The lowest BCUT2D eigenvalue weighted by molar-refractivity contribution is 0.0769. The van der Waals surface area contributed by atoms with Crippen molar-refractivity contribution < 1.29 is 13.5 Å². The van der Waals surface area contributed by atoms with Crippen LogP contribution in [0.3, 0.4) is 0 Å². The van der Waals surface area contributed by atoms with Crippen molar-refractivity contribution >= 4 is 5.95 Å². The van der Waals surface area contributed by atoms with Crippen LogP contribution in [0.5, 0.6) is 6.01 Å². The van der Waals surface area contributed by atoms with Crippen molar-refractivity contribution in [3.8, 4) is 12.0 Å². The zero-order valence-electron chi connectivity index (χ0n) is 8.49. The molecular weight excluding hydrogens is 234 g/mol. The summed E-state index contributed by atoms with van der Waals surface area (Å²) < 4.78 is 29.9. The van der Waals surface area contributed by atoms with Gasteiger partial charge in [0.15, 0.2) is 6.61 Å². The molecule has 2 aromatic rings. The summed E-state index contributed by atoms with van der Waals surface area (Å²) in [6, 6.07) is 1.39. The molecule has 9 heteroatoms. The van der Waals surface area contributed by atoms with Crippen LogP contribution in [0, 0.1) is 0 Å². The van der Waals surface area contributed by atoms with Crippen molar-refractivity contribution in [2.75, 3.05) is 12.3 Å². The molecule has 0 aliphatic rings. The topological polar surface area (TPSA) is 91.7 Å². The Labute approximate surface area is 94.3 Å². The third kappa shape index (κ3) is 2.83. The molecule has 0 atom stereocenters. The summed E-state index contributed by atoms with van der Waals surface area (Å²) in [5.41, 5.74) is 5.40. The maximum atomic E-state index is 11.9. The molecule has 0 radical (unpaired) electrons. The van der Waals surface area contributed by atoms with Gasteiger partial charge in [0.25, 0.3) is 12.4 Å². The first-order chi connectivity index (χ1) is 8.15. The molecular formula is C8H8F2N6O. The largest absolute Gasteiger partial charge is 0.457 e. The molecule has 2 heterocycles. The van der Waals surface area contributed by atoms with E-state index in [2.05, 4.69) is 24.8 Å². The Bertz CT molecular complexity index is 489. The van der Waals surface area contributed by atoms with Gasteiger partial charge in [0, 0.05) is 12.4 Å². The maximum Gasteiger partial charge on any atom is 0.323 e. The average Bonchev–Trinajstić information content (AvgIpc) is 2.79. The molecule has 0 fully saturated rings. The fourth-order valence-electron chi connectivity index (χ4n) is 1.05. The Morgan fingerprint density at radius 1 is 1.35 bits per heavy atom. The zero-order valence-corrected chi connectivity index (χ0v) is 8.49. The van der Waals surface area contributed by atoms with Gasteiger partial charge in [-0.3, -0.25) is 0 Å². The second-order valence-corrected chi connectivity index (χ2v) is 2.93. The SMILES string of the molecule is Nc1nc(OCC(F)F)nc(-n2cccn2)n1. The molecule has 0 aliphatic heterocycles. The van der Waals surface area contributed by atoms with E-state index in [9.17, 15) is 8.78 Å². The summed E-state index contributed by atoms with van der Waals surface area (Å²) in [4.78, 5) is 11.2. The molecule has 17 heavy (non-hydrogen) atoms. The number of hydrogen-bond acceptors (Lipinski definition) is 6. The molecule has 2 N–H and O–H groups in total. The maximum absolute atomic E-state index is 11.9. The molecule has 2 aromatic heterocycles. The van der Waals surface area contributed by atoms with E-state index < -0.39 is 13.0 Å². The van der Waals surface area contributed by atoms with E-state index >= 15 is 0 Å². The minimum atomic E-state index is -2.61. The van der Waals surface area contributed by atoms with E-state index in [1.807, 2.05) is 0 Å². The molecule has 90 valence electrons. The summed E-state index contributed by atoms with van der Waals surface area (Å²) in [5.74, 6) is -0.0264. The summed E-state index contributed by atoms with van der Waals surface area (Å²) in [6.07, 6.45) is 0.479. The predicted molar refractivity (Wildman–Crippen MR) is 52.9 cm³/mol. The van der Waals surface area contributed by atoms with Crippen LogP contribution < -0.4 is 10.5 Å². The molecule has 0 aliphatic carbocycles. The van der Waals surface area contributed by atoms with Crippen molar-refractivity contribution in [1.82, 2.24) is 24.7 Å². The van der Waals surface area contributed by atoms with Crippen LogP contribution in [0.25, 0.3) is 5.95 Å². The fourth-order valence-corrected chi connectivity index (χ4v) is 1.05. The molecule has 7 nitrogen and oxygen atoms in total. The van der Waals surface area contributed by atoms with Crippen molar-refractivity contribution in [3.63, 3.8) is 0 Å². The van der Waals surface area contributed by atoms with Gasteiger partial charge in [0.05, 0.1) is 0 Å². The number of nitrogens with two attached hydrogens (primary N) is 1. The highest BCUT2D eigenvalue weighted by molar-refractivity contribution is 5.24. The molecule has 0 bridgehead atoms. The molecule has 0 aromatic carbocycles. The number of ether oxygens (including phenoxy) is 1. The molecule has 0 saturated heterocycles. The van der Waals surface area contributed by atoms with E-state index in [0.29, 0.717) is 0 Å². The number of nitrogen functional groups attached to an aromatic ring is 1. The minimum Gasteiger partial charge on any atom is -0.457 e. The molecule has 0 saturated carbocycles. The number of rotatable bonds is 4. The number of hydrogen-bond donors (Lipinski definition) is 1. The van der Waals surface area contributed by atoms with Crippen LogP contribution in [-0.4, -0.2) is 37.8 Å². The van der Waals surface area contributed by atoms with E-state index in [0.717, 1.165) is 0 Å². The van der Waals surface area contributed by atoms with Gasteiger partial charge < -0.3 is 10.5 Å². The lowest BCUT2D eigenvalue weighted by atomic mass is 10.7.